The molecule has 0 aromatic heterocycles. The van der Waals surface area contributed by atoms with Crippen molar-refractivity contribution in [1.29, 1.82) is 5.26 Å². The second kappa shape index (κ2) is 6.83. The van der Waals surface area contributed by atoms with Crippen LogP contribution >= 0.6 is 0 Å². The van der Waals surface area contributed by atoms with Gasteiger partial charge in [0, 0.05) is 7.11 Å². The quantitative estimate of drug-likeness (QED) is 0.690. The van der Waals surface area contributed by atoms with Gasteiger partial charge < -0.3 is 14.2 Å². The topological polar surface area (TPSA) is 51.5 Å². The largest absolute Gasteiger partial charge is 0.467 e. The van der Waals surface area contributed by atoms with E-state index < -0.39 is 0 Å². The van der Waals surface area contributed by atoms with Crippen LogP contribution in [0.3, 0.4) is 0 Å². The minimum Gasteiger partial charge on any atom is -0.467 e. The standard InChI is InChI=1S/C12H15NO3/c1-10(14-2)15-9-16-12-5-3-11(4-6-12)7-8-13/h3-6,10H,7,9H2,1-2H3. The molecule has 1 aromatic rings. The molecule has 0 fully saturated rings. The molecule has 16 heavy (non-hydrogen) atoms. The van der Waals surface area contributed by atoms with Crippen LogP contribution in [0.2, 0.25) is 0 Å². The molecule has 1 aromatic carbocycles. The van der Waals surface area contributed by atoms with E-state index in [9.17, 15) is 0 Å². The third kappa shape index (κ3) is 4.30. The predicted octanol–water partition coefficient (Wildman–Crippen LogP) is 2.10. The van der Waals surface area contributed by atoms with Gasteiger partial charge in [-0.2, -0.15) is 5.26 Å². The number of ether oxygens (including phenoxy) is 3. The summed E-state index contributed by atoms with van der Waals surface area (Å²) < 4.78 is 15.4. The smallest absolute Gasteiger partial charge is 0.191 e. The number of rotatable bonds is 6. The number of hydrogen-bond donors (Lipinski definition) is 0. The molecular weight excluding hydrogens is 206 g/mol. The molecule has 0 bridgehead atoms. The van der Waals surface area contributed by atoms with Crippen LogP contribution in [0.4, 0.5) is 0 Å². The molecule has 1 rings (SSSR count). The van der Waals surface area contributed by atoms with E-state index in [1.165, 1.54) is 0 Å². The van der Waals surface area contributed by atoms with E-state index >= 15 is 0 Å². The predicted molar refractivity (Wildman–Crippen MR) is 58.8 cm³/mol. The highest BCUT2D eigenvalue weighted by Gasteiger charge is 1.99. The Morgan fingerprint density at radius 3 is 2.56 bits per heavy atom. The highest BCUT2D eigenvalue weighted by Crippen LogP contribution is 2.12. The molecule has 1 atom stereocenters. The average molecular weight is 221 g/mol. The number of nitriles is 1. The molecule has 4 nitrogen and oxygen atoms in total. The fraction of sp³-hybridized carbons (Fsp3) is 0.417. The van der Waals surface area contributed by atoms with Gasteiger partial charge in [-0.1, -0.05) is 12.1 Å². The molecule has 0 radical (unpaired) electrons. The summed E-state index contributed by atoms with van der Waals surface area (Å²) in [5, 5.41) is 8.50. The Labute approximate surface area is 95.4 Å². The first-order valence-electron chi connectivity index (χ1n) is 4.99. The Morgan fingerprint density at radius 1 is 1.31 bits per heavy atom. The summed E-state index contributed by atoms with van der Waals surface area (Å²) >= 11 is 0. The Bertz CT molecular complexity index is 342. The average Bonchev–Trinajstić information content (AvgIpc) is 2.31. The highest BCUT2D eigenvalue weighted by molar-refractivity contribution is 5.28. The van der Waals surface area contributed by atoms with Gasteiger partial charge in [-0.25, -0.2) is 0 Å². The number of nitrogens with zero attached hydrogens (tertiary/aromatic N) is 1. The van der Waals surface area contributed by atoms with Gasteiger partial charge in [-0.05, 0) is 24.6 Å². The molecule has 86 valence electrons. The van der Waals surface area contributed by atoms with Crippen LogP contribution < -0.4 is 4.74 Å². The van der Waals surface area contributed by atoms with Crippen LogP contribution in [0.15, 0.2) is 24.3 Å². The summed E-state index contributed by atoms with van der Waals surface area (Å²) in [7, 11) is 1.57. The first-order valence-corrected chi connectivity index (χ1v) is 4.99. The summed E-state index contributed by atoms with van der Waals surface area (Å²) in [5.74, 6) is 0.713. The van der Waals surface area contributed by atoms with Crippen molar-refractivity contribution in [3.63, 3.8) is 0 Å². The van der Waals surface area contributed by atoms with E-state index in [0.717, 1.165) is 5.56 Å². The van der Waals surface area contributed by atoms with Crippen LogP contribution in [0.25, 0.3) is 0 Å². The van der Waals surface area contributed by atoms with E-state index in [-0.39, 0.29) is 13.1 Å². The van der Waals surface area contributed by atoms with Gasteiger partial charge in [0.05, 0.1) is 12.5 Å². The Kier molecular flexibility index (Phi) is 5.34. The Hall–Kier alpha value is -1.57. The van der Waals surface area contributed by atoms with Crippen LogP contribution in [0.1, 0.15) is 12.5 Å². The second-order valence-electron chi connectivity index (χ2n) is 3.21. The zero-order valence-electron chi connectivity index (χ0n) is 9.47. The first kappa shape index (κ1) is 12.5. The van der Waals surface area contributed by atoms with Crippen molar-refractivity contribution in [1.82, 2.24) is 0 Å². The lowest BCUT2D eigenvalue weighted by Gasteiger charge is -2.11. The van der Waals surface area contributed by atoms with Gasteiger partial charge in [-0.3, -0.25) is 0 Å². The monoisotopic (exact) mass is 221 g/mol. The third-order valence-electron chi connectivity index (χ3n) is 2.07. The second-order valence-corrected chi connectivity index (χ2v) is 3.21. The zero-order chi connectivity index (χ0) is 11.8. The van der Waals surface area contributed by atoms with Gasteiger partial charge in [0.25, 0.3) is 0 Å². The third-order valence-corrected chi connectivity index (χ3v) is 2.07. The minimum absolute atomic E-state index is 0.145. The van der Waals surface area contributed by atoms with Gasteiger partial charge >= 0.3 is 0 Å². The molecule has 0 aliphatic heterocycles. The van der Waals surface area contributed by atoms with Gasteiger partial charge in [0.2, 0.25) is 0 Å². The van der Waals surface area contributed by atoms with E-state index in [1.54, 1.807) is 14.0 Å². The molecule has 0 aliphatic carbocycles. The molecule has 0 saturated heterocycles. The molecule has 0 N–H and O–H groups in total. The maximum atomic E-state index is 8.50. The van der Waals surface area contributed by atoms with Gasteiger partial charge in [0.15, 0.2) is 13.1 Å². The van der Waals surface area contributed by atoms with Gasteiger partial charge in [0.1, 0.15) is 5.75 Å². The molecule has 0 spiro atoms. The Balaban J connectivity index is 2.35. The van der Waals surface area contributed by atoms with E-state index in [1.807, 2.05) is 24.3 Å². The maximum Gasteiger partial charge on any atom is 0.191 e. The Morgan fingerprint density at radius 2 is 2.00 bits per heavy atom. The van der Waals surface area contributed by atoms with Crippen molar-refractivity contribution in [2.75, 3.05) is 13.9 Å². The van der Waals surface area contributed by atoms with Crippen molar-refractivity contribution in [3.8, 4) is 11.8 Å². The molecule has 0 aliphatic rings. The lowest BCUT2D eigenvalue weighted by atomic mass is 10.2. The summed E-state index contributed by atoms with van der Waals surface area (Å²) in [5.41, 5.74) is 0.973. The summed E-state index contributed by atoms with van der Waals surface area (Å²) in [6.07, 6.45) is 0.134. The first-order chi connectivity index (χ1) is 7.76. The van der Waals surface area contributed by atoms with E-state index in [0.29, 0.717) is 12.2 Å². The van der Waals surface area contributed by atoms with Crippen LogP contribution in [0.5, 0.6) is 5.75 Å². The minimum atomic E-state index is -0.280. The number of hydrogen-bond acceptors (Lipinski definition) is 4. The highest BCUT2D eigenvalue weighted by atomic mass is 16.7. The van der Waals surface area contributed by atoms with Crippen LogP contribution in [0, 0.1) is 11.3 Å². The SMILES string of the molecule is COC(C)OCOc1ccc(CC#N)cc1. The van der Waals surface area contributed by atoms with E-state index in [4.69, 9.17) is 19.5 Å². The molecule has 0 saturated carbocycles. The summed E-state index contributed by atoms with van der Waals surface area (Å²) in [4.78, 5) is 0. The van der Waals surface area contributed by atoms with Crippen molar-refractivity contribution in [2.24, 2.45) is 0 Å². The lowest BCUT2D eigenvalue weighted by Crippen LogP contribution is -2.14. The zero-order valence-corrected chi connectivity index (χ0v) is 9.47. The number of benzene rings is 1. The molecular formula is C12H15NO3. The molecule has 1 unspecified atom stereocenters. The normalized spacial score (nSPS) is 11.8. The molecule has 0 amide bonds. The number of methoxy groups -OCH3 is 1. The van der Waals surface area contributed by atoms with Crippen LogP contribution in [-0.2, 0) is 15.9 Å². The van der Waals surface area contributed by atoms with Gasteiger partial charge in [-0.15, -0.1) is 0 Å². The van der Waals surface area contributed by atoms with Crippen molar-refractivity contribution in [2.45, 2.75) is 19.6 Å². The van der Waals surface area contributed by atoms with Crippen molar-refractivity contribution in [3.05, 3.63) is 29.8 Å². The van der Waals surface area contributed by atoms with Crippen molar-refractivity contribution >= 4 is 0 Å². The maximum absolute atomic E-state index is 8.50. The fourth-order valence-electron chi connectivity index (χ4n) is 1.06. The lowest BCUT2D eigenvalue weighted by molar-refractivity contribution is -0.149. The summed E-state index contributed by atoms with van der Waals surface area (Å²) in [6.45, 7) is 1.94. The molecule has 4 heteroatoms. The van der Waals surface area contributed by atoms with E-state index in [2.05, 4.69) is 6.07 Å². The molecule has 0 heterocycles. The summed E-state index contributed by atoms with van der Waals surface area (Å²) in [6, 6.07) is 9.43. The van der Waals surface area contributed by atoms with Crippen LogP contribution in [-0.4, -0.2) is 20.2 Å². The fourth-order valence-corrected chi connectivity index (χ4v) is 1.06. The van der Waals surface area contributed by atoms with Crippen molar-refractivity contribution < 1.29 is 14.2 Å².